The number of morpholine rings is 1. The molecule has 0 radical (unpaired) electrons. The maximum absolute atomic E-state index is 13.5. The Morgan fingerprint density at radius 1 is 1.33 bits per heavy atom. The van der Waals surface area contributed by atoms with Crippen molar-refractivity contribution in [2.24, 2.45) is 0 Å². The molecule has 1 aromatic carbocycles. The van der Waals surface area contributed by atoms with Crippen molar-refractivity contribution < 1.29 is 14.0 Å². The van der Waals surface area contributed by atoms with E-state index in [1.54, 1.807) is 12.1 Å². The molecule has 4 heteroatoms. The van der Waals surface area contributed by atoms with Crippen LogP contribution >= 0.6 is 11.6 Å². The summed E-state index contributed by atoms with van der Waals surface area (Å²) in [7, 11) is 0. The first kappa shape index (κ1) is 10.9. The second-order valence-electron chi connectivity index (χ2n) is 3.74. The van der Waals surface area contributed by atoms with Gasteiger partial charge in [0, 0.05) is 0 Å². The molecule has 1 aliphatic rings. The minimum Gasteiger partial charge on any atom is -0.370 e. The Hall–Kier alpha value is -0.640. The molecule has 0 bridgehead atoms. The van der Waals surface area contributed by atoms with Crippen LogP contribution in [0.5, 0.6) is 0 Å². The van der Waals surface area contributed by atoms with E-state index in [0.717, 1.165) is 26.3 Å². The van der Waals surface area contributed by atoms with Crippen LogP contribution in [0, 0.1) is 5.82 Å². The Morgan fingerprint density at radius 3 is 2.73 bits per heavy atom. The van der Waals surface area contributed by atoms with Gasteiger partial charge in [-0.05, 0) is 12.1 Å². The molecule has 2 nitrogen and oxygen atoms in total. The van der Waals surface area contributed by atoms with Crippen molar-refractivity contribution in [3.8, 4) is 0 Å². The Bertz CT molecular complexity index is 319. The van der Waals surface area contributed by atoms with Gasteiger partial charge in [0.1, 0.15) is 25.5 Å². The lowest BCUT2D eigenvalue weighted by Crippen LogP contribution is -3.12. The van der Waals surface area contributed by atoms with E-state index in [1.165, 1.54) is 11.0 Å². The first-order valence-electron chi connectivity index (χ1n) is 5.11. The quantitative estimate of drug-likeness (QED) is 0.797. The third kappa shape index (κ3) is 2.68. The summed E-state index contributed by atoms with van der Waals surface area (Å²) in [5.41, 5.74) is 0.621. The summed E-state index contributed by atoms with van der Waals surface area (Å²) in [6.45, 7) is 3.99. The monoisotopic (exact) mass is 230 g/mol. The lowest BCUT2D eigenvalue weighted by atomic mass is 10.2. The van der Waals surface area contributed by atoms with Gasteiger partial charge in [-0.1, -0.05) is 17.7 Å². The van der Waals surface area contributed by atoms with Gasteiger partial charge < -0.3 is 9.64 Å². The molecular formula is C11H14ClFNO+. The van der Waals surface area contributed by atoms with Gasteiger partial charge in [0.05, 0.1) is 23.8 Å². The van der Waals surface area contributed by atoms with Crippen molar-refractivity contribution in [2.75, 3.05) is 26.3 Å². The minimum atomic E-state index is -0.207. The topological polar surface area (TPSA) is 13.7 Å². The Kier molecular flexibility index (Phi) is 3.57. The average Bonchev–Trinajstić information content (AvgIpc) is 2.25. The Labute approximate surface area is 93.6 Å². The normalized spacial score (nSPS) is 18.0. The van der Waals surface area contributed by atoms with Crippen LogP contribution in [0.15, 0.2) is 18.2 Å². The van der Waals surface area contributed by atoms with Crippen LogP contribution in [-0.4, -0.2) is 26.3 Å². The molecule has 82 valence electrons. The third-order valence-corrected chi connectivity index (χ3v) is 3.04. The summed E-state index contributed by atoms with van der Waals surface area (Å²) < 4.78 is 18.7. The van der Waals surface area contributed by atoms with E-state index in [2.05, 4.69) is 0 Å². The third-order valence-electron chi connectivity index (χ3n) is 2.69. The van der Waals surface area contributed by atoms with Gasteiger partial charge in [-0.3, -0.25) is 0 Å². The van der Waals surface area contributed by atoms with Gasteiger partial charge in [-0.25, -0.2) is 4.39 Å². The predicted octanol–water partition coefficient (Wildman–Crippen LogP) is 0.894. The van der Waals surface area contributed by atoms with Crippen LogP contribution in [0.25, 0.3) is 0 Å². The van der Waals surface area contributed by atoms with Crippen LogP contribution < -0.4 is 4.90 Å². The summed E-state index contributed by atoms with van der Waals surface area (Å²) in [5, 5.41) is 0.522. The van der Waals surface area contributed by atoms with Crippen LogP contribution in [-0.2, 0) is 11.3 Å². The smallest absolute Gasteiger partial charge is 0.133 e. The van der Waals surface area contributed by atoms with E-state index in [9.17, 15) is 4.39 Å². The fourth-order valence-corrected chi connectivity index (χ4v) is 2.02. The molecule has 0 aliphatic carbocycles. The van der Waals surface area contributed by atoms with E-state index < -0.39 is 0 Å². The Balaban J connectivity index is 2.09. The molecule has 1 heterocycles. The number of halogens is 2. The lowest BCUT2D eigenvalue weighted by Gasteiger charge is -2.24. The molecule has 0 unspecified atom stereocenters. The zero-order valence-corrected chi connectivity index (χ0v) is 9.19. The standard InChI is InChI=1S/C11H13ClFNO/c12-10-2-1-3-11(13)9(10)8-14-4-6-15-7-5-14/h1-3H,4-8H2/p+1. The summed E-state index contributed by atoms with van der Waals surface area (Å²) in [5.74, 6) is -0.207. The highest BCUT2D eigenvalue weighted by Gasteiger charge is 2.17. The van der Waals surface area contributed by atoms with Crippen molar-refractivity contribution >= 4 is 11.6 Å². The largest absolute Gasteiger partial charge is 0.370 e. The van der Waals surface area contributed by atoms with E-state index in [-0.39, 0.29) is 5.82 Å². The first-order chi connectivity index (χ1) is 7.27. The molecule has 0 saturated carbocycles. The molecule has 0 aromatic heterocycles. The van der Waals surface area contributed by atoms with Gasteiger partial charge >= 0.3 is 0 Å². The number of ether oxygens (including phenoxy) is 1. The summed E-state index contributed by atoms with van der Waals surface area (Å²) >= 11 is 5.96. The summed E-state index contributed by atoms with van der Waals surface area (Å²) in [6, 6.07) is 4.83. The molecule has 0 amide bonds. The maximum Gasteiger partial charge on any atom is 0.133 e. The first-order valence-corrected chi connectivity index (χ1v) is 5.49. The minimum absolute atomic E-state index is 0.207. The molecule has 1 aromatic rings. The number of hydrogen-bond donors (Lipinski definition) is 1. The van der Waals surface area contributed by atoms with Crippen molar-refractivity contribution in [3.05, 3.63) is 34.6 Å². The van der Waals surface area contributed by atoms with Crippen LogP contribution in [0.3, 0.4) is 0 Å². The molecule has 0 spiro atoms. The number of hydrogen-bond acceptors (Lipinski definition) is 1. The molecule has 1 fully saturated rings. The second-order valence-corrected chi connectivity index (χ2v) is 4.15. The highest BCUT2D eigenvalue weighted by molar-refractivity contribution is 6.31. The summed E-state index contributed by atoms with van der Waals surface area (Å²) in [4.78, 5) is 1.33. The number of benzene rings is 1. The zero-order valence-electron chi connectivity index (χ0n) is 8.43. The fourth-order valence-electron chi connectivity index (χ4n) is 1.79. The SMILES string of the molecule is Fc1cccc(Cl)c1C[NH+]1CCOCC1. The molecular weight excluding hydrogens is 217 g/mol. The van der Waals surface area contributed by atoms with Crippen molar-refractivity contribution in [1.29, 1.82) is 0 Å². The van der Waals surface area contributed by atoms with Crippen LogP contribution in [0.1, 0.15) is 5.56 Å². The zero-order chi connectivity index (χ0) is 10.7. The van der Waals surface area contributed by atoms with Crippen LogP contribution in [0.2, 0.25) is 5.02 Å². The fraction of sp³-hybridized carbons (Fsp3) is 0.455. The molecule has 1 aliphatic heterocycles. The van der Waals surface area contributed by atoms with Gasteiger partial charge in [0.15, 0.2) is 0 Å². The molecule has 0 atom stereocenters. The summed E-state index contributed by atoms with van der Waals surface area (Å²) in [6.07, 6.45) is 0. The van der Waals surface area contributed by atoms with Gasteiger partial charge in [-0.15, -0.1) is 0 Å². The van der Waals surface area contributed by atoms with Gasteiger partial charge in [-0.2, -0.15) is 0 Å². The Morgan fingerprint density at radius 2 is 2.07 bits per heavy atom. The van der Waals surface area contributed by atoms with E-state index >= 15 is 0 Å². The van der Waals surface area contributed by atoms with Gasteiger partial charge in [0.25, 0.3) is 0 Å². The van der Waals surface area contributed by atoms with Crippen molar-refractivity contribution in [3.63, 3.8) is 0 Å². The number of nitrogens with one attached hydrogen (secondary N) is 1. The highest BCUT2D eigenvalue weighted by atomic mass is 35.5. The van der Waals surface area contributed by atoms with E-state index in [0.29, 0.717) is 17.1 Å². The maximum atomic E-state index is 13.5. The molecule has 15 heavy (non-hydrogen) atoms. The van der Waals surface area contributed by atoms with E-state index in [4.69, 9.17) is 16.3 Å². The molecule has 1 N–H and O–H groups in total. The van der Waals surface area contributed by atoms with Crippen LogP contribution in [0.4, 0.5) is 4.39 Å². The number of rotatable bonds is 2. The highest BCUT2D eigenvalue weighted by Crippen LogP contribution is 2.17. The van der Waals surface area contributed by atoms with E-state index in [1.807, 2.05) is 0 Å². The van der Waals surface area contributed by atoms with Crippen molar-refractivity contribution in [1.82, 2.24) is 0 Å². The predicted molar refractivity (Wildman–Crippen MR) is 56.6 cm³/mol. The van der Waals surface area contributed by atoms with Gasteiger partial charge in [0.2, 0.25) is 0 Å². The number of quaternary nitrogens is 1. The second kappa shape index (κ2) is 4.92. The van der Waals surface area contributed by atoms with Crippen molar-refractivity contribution in [2.45, 2.75) is 6.54 Å². The molecule has 2 rings (SSSR count). The lowest BCUT2D eigenvalue weighted by molar-refractivity contribution is -0.921. The molecule has 1 saturated heterocycles. The average molecular weight is 231 g/mol.